The molecule has 5 nitrogen and oxygen atoms in total. The van der Waals surface area contributed by atoms with Crippen LogP contribution >= 0.6 is 0 Å². The van der Waals surface area contributed by atoms with Gasteiger partial charge in [0.1, 0.15) is 17.2 Å². The molecule has 0 aliphatic carbocycles. The van der Waals surface area contributed by atoms with E-state index in [1.807, 2.05) is 6.92 Å². The van der Waals surface area contributed by atoms with Crippen LogP contribution in [0.15, 0.2) is 71.7 Å². The first kappa shape index (κ1) is 19.5. The van der Waals surface area contributed by atoms with Crippen molar-refractivity contribution < 1.29 is 13.9 Å². The van der Waals surface area contributed by atoms with Crippen LogP contribution in [0.25, 0.3) is 11.0 Å². The molecule has 0 saturated heterocycles. The number of methoxy groups -OCH3 is 1. The fraction of sp³-hybridized carbons (Fsp3) is 0.125. The summed E-state index contributed by atoms with van der Waals surface area (Å²) in [5.41, 5.74) is 1.93. The lowest BCUT2D eigenvalue weighted by atomic mass is 10.0. The summed E-state index contributed by atoms with van der Waals surface area (Å²) in [6, 6.07) is 16.2. The standard InChI is InChI=1S/C24H19FN2O3/c1-15-6-11-20-23(29)21(22(28)17-7-9-19(30-2)10-8-17)14-27(24(20)26-15)13-16-4-3-5-18(25)12-16/h3-12,14H,13H2,1-2H3. The molecular formula is C24H19FN2O3. The second kappa shape index (κ2) is 7.91. The molecule has 0 atom stereocenters. The Morgan fingerprint density at radius 2 is 1.87 bits per heavy atom. The van der Waals surface area contributed by atoms with E-state index in [1.165, 1.54) is 18.3 Å². The zero-order valence-electron chi connectivity index (χ0n) is 16.6. The van der Waals surface area contributed by atoms with Gasteiger partial charge in [-0.1, -0.05) is 12.1 Å². The largest absolute Gasteiger partial charge is 0.497 e. The van der Waals surface area contributed by atoms with Gasteiger partial charge in [-0.25, -0.2) is 9.37 Å². The molecule has 150 valence electrons. The summed E-state index contributed by atoms with van der Waals surface area (Å²) in [6.45, 7) is 2.10. The minimum Gasteiger partial charge on any atom is -0.497 e. The number of benzene rings is 2. The third kappa shape index (κ3) is 3.72. The van der Waals surface area contributed by atoms with Crippen LogP contribution in [0.5, 0.6) is 5.75 Å². The summed E-state index contributed by atoms with van der Waals surface area (Å²) in [5, 5.41) is 0.344. The van der Waals surface area contributed by atoms with E-state index in [0.29, 0.717) is 27.9 Å². The summed E-state index contributed by atoms with van der Waals surface area (Å²) in [6.07, 6.45) is 1.51. The molecule has 6 heteroatoms. The van der Waals surface area contributed by atoms with Gasteiger partial charge in [0.2, 0.25) is 5.43 Å². The third-order valence-electron chi connectivity index (χ3n) is 4.90. The van der Waals surface area contributed by atoms with Crippen molar-refractivity contribution >= 4 is 16.8 Å². The van der Waals surface area contributed by atoms with Crippen LogP contribution < -0.4 is 10.2 Å². The van der Waals surface area contributed by atoms with Crippen LogP contribution in [0.2, 0.25) is 0 Å². The summed E-state index contributed by atoms with van der Waals surface area (Å²) in [5.74, 6) is -0.122. The molecule has 0 aliphatic rings. The van der Waals surface area contributed by atoms with Gasteiger partial charge in [-0.3, -0.25) is 9.59 Å². The molecule has 0 amide bonds. The van der Waals surface area contributed by atoms with Gasteiger partial charge >= 0.3 is 0 Å². The average Bonchev–Trinajstić information content (AvgIpc) is 2.75. The lowest BCUT2D eigenvalue weighted by Crippen LogP contribution is -2.21. The van der Waals surface area contributed by atoms with Gasteiger partial charge in [-0.15, -0.1) is 0 Å². The van der Waals surface area contributed by atoms with Crippen molar-refractivity contribution in [1.82, 2.24) is 9.55 Å². The molecule has 4 aromatic rings. The number of carbonyl (C=O) groups excluding carboxylic acids is 1. The molecule has 0 radical (unpaired) electrons. The Morgan fingerprint density at radius 1 is 1.10 bits per heavy atom. The number of carbonyl (C=O) groups is 1. The molecule has 2 aromatic heterocycles. The number of hydrogen-bond donors (Lipinski definition) is 0. The molecule has 0 spiro atoms. The van der Waals surface area contributed by atoms with E-state index in [4.69, 9.17) is 4.74 Å². The second-order valence-corrected chi connectivity index (χ2v) is 7.01. The lowest BCUT2D eigenvalue weighted by molar-refractivity contribution is 0.103. The maximum Gasteiger partial charge on any atom is 0.202 e. The monoisotopic (exact) mass is 402 g/mol. The fourth-order valence-electron chi connectivity index (χ4n) is 3.37. The van der Waals surface area contributed by atoms with E-state index in [0.717, 1.165) is 5.69 Å². The first-order valence-corrected chi connectivity index (χ1v) is 9.40. The highest BCUT2D eigenvalue weighted by atomic mass is 19.1. The molecular weight excluding hydrogens is 383 g/mol. The molecule has 4 rings (SSSR count). The number of aryl methyl sites for hydroxylation is 1. The van der Waals surface area contributed by atoms with Crippen LogP contribution in [0, 0.1) is 12.7 Å². The molecule has 0 saturated carbocycles. The highest BCUT2D eigenvalue weighted by Gasteiger charge is 2.18. The predicted octanol–water partition coefficient (Wildman–Crippen LogP) is 4.13. The number of rotatable bonds is 5. The van der Waals surface area contributed by atoms with Crippen molar-refractivity contribution in [2.75, 3.05) is 7.11 Å². The molecule has 2 heterocycles. The fourth-order valence-corrected chi connectivity index (χ4v) is 3.37. The molecule has 30 heavy (non-hydrogen) atoms. The Hall–Kier alpha value is -3.80. The van der Waals surface area contributed by atoms with Crippen molar-refractivity contribution in [3.05, 3.63) is 105 Å². The van der Waals surface area contributed by atoms with Gasteiger partial charge in [0.05, 0.1) is 18.1 Å². The van der Waals surface area contributed by atoms with E-state index in [-0.39, 0.29) is 23.4 Å². The van der Waals surface area contributed by atoms with Crippen LogP contribution in [-0.2, 0) is 6.54 Å². The van der Waals surface area contributed by atoms with Gasteiger partial charge in [0.25, 0.3) is 0 Å². The van der Waals surface area contributed by atoms with Gasteiger partial charge in [-0.2, -0.15) is 0 Å². The topological polar surface area (TPSA) is 61.2 Å². The van der Waals surface area contributed by atoms with Crippen LogP contribution in [0.3, 0.4) is 0 Å². The lowest BCUT2D eigenvalue weighted by Gasteiger charge is -2.13. The van der Waals surface area contributed by atoms with Crippen molar-refractivity contribution in [1.29, 1.82) is 0 Å². The number of fused-ring (bicyclic) bond motifs is 1. The van der Waals surface area contributed by atoms with E-state index < -0.39 is 5.78 Å². The Balaban J connectivity index is 1.87. The molecule has 0 unspecified atom stereocenters. The van der Waals surface area contributed by atoms with E-state index in [9.17, 15) is 14.0 Å². The molecule has 0 N–H and O–H groups in total. The van der Waals surface area contributed by atoms with E-state index in [1.54, 1.807) is 60.2 Å². The Kier molecular flexibility index (Phi) is 5.14. The number of nitrogens with zero attached hydrogens (tertiary/aromatic N) is 2. The van der Waals surface area contributed by atoms with Crippen LogP contribution in [0.4, 0.5) is 4.39 Å². The minimum absolute atomic E-state index is 0.0368. The molecule has 0 aliphatic heterocycles. The highest BCUT2D eigenvalue weighted by molar-refractivity contribution is 6.10. The van der Waals surface area contributed by atoms with E-state index in [2.05, 4.69) is 4.98 Å². The van der Waals surface area contributed by atoms with Crippen molar-refractivity contribution in [3.63, 3.8) is 0 Å². The summed E-state index contributed by atoms with van der Waals surface area (Å²) in [4.78, 5) is 30.7. The van der Waals surface area contributed by atoms with Crippen LogP contribution in [0.1, 0.15) is 27.2 Å². The second-order valence-electron chi connectivity index (χ2n) is 7.01. The Labute approximate surface area is 172 Å². The SMILES string of the molecule is COc1ccc(C(=O)c2cn(Cc3cccc(F)c3)c3nc(C)ccc3c2=O)cc1. The Morgan fingerprint density at radius 3 is 2.57 bits per heavy atom. The summed E-state index contributed by atoms with van der Waals surface area (Å²) >= 11 is 0. The zero-order chi connectivity index (χ0) is 21.3. The van der Waals surface area contributed by atoms with Gasteiger partial charge < -0.3 is 9.30 Å². The quantitative estimate of drug-likeness (QED) is 0.471. The Bertz CT molecular complexity index is 1310. The van der Waals surface area contributed by atoms with Gasteiger partial charge in [0, 0.05) is 24.0 Å². The molecule has 0 bridgehead atoms. The summed E-state index contributed by atoms with van der Waals surface area (Å²) < 4.78 is 20.5. The van der Waals surface area contributed by atoms with Gasteiger partial charge in [-0.05, 0) is 61.0 Å². The van der Waals surface area contributed by atoms with Crippen molar-refractivity contribution in [2.24, 2.45) is 0 Å². The summed E-state index contributed by atoms with van der Waals surface area (Å²) in [7, 11) is 1.54. The van der Waals surface area contributed by atoms with Crippen molar-refractivity contribution in [2.45, 2.75) is 13.5 Å². The minimum atomic E-state index is -0.391. The number of halogens is 1. The average molecular weight is 402 g/mol. The number of ketones is 1. The van der Waals surface area contributed by atoms with Crippen LogP contribution in [-0.4, -0.2) is 22.4 Å². The normalized spacial score (nSPS) is 10.9. The maximum absolute atomic E-state index is 13.7. The van der Waals surface area contributed by atoms with E-state index >= 15 is 0 Å². The first-order chi connectivity index (χ1) is 14.5. The molecule has 0 fully saturated rings. The highest BCUT2D eigenvalue weighted by Crippen LogP contribution is 2.18. The smallest absolute Gasteiger partial charge is 0.202 e. The first-order valence-electron chi connectivity index (χ1n) is 9.40. The maximum atomic E-state index is 13.7. The predicted molar refractivity (Wildman–Crippen MR) is 113 cm³/mol. The zero-order valence-corrected chi connectivity index (χ0v) is 16.6. The number of pyridine rings is 2. The third-order valence-corrected chi connectivity index (χ3v) is 4.90. The van der Waals surface area contributed by atoms with Gasteiger partial charge in [0.15, 0.2) is 5.78 Å². The van der Waals surface area contributed by atoms with Crippen molar-refractivity contribution in [3.8, 4) is 5.75 Å². The number of aromatic nitrogens is 2. The number of hydrogen-bond acceptors (Lipinski definition) is 4. The number of ether oxygens (including phenoxy) is 1. The molecule has 2 aromatic carbocycles.